The molecule has 2 N–H and O–H groups in total. The Hall–Kier alpha value is -3.09. The van der Waals surface area contributed by atoms with Crippen LogP contribution in [0.25, 0.3) is 0 Å². The highest BCUT2D eigenvalue weighted by molar-refractivity contribution is 5.92. The van der Waals surface area contributed by atoms with Gasteiger partial charge in [0.15, 0.2) is 0 Å². The van der Waals surface area contributed by atoms with Crippen LogP contribution in [-0.2, 0) is 4.74 Å². The van der Waals surface area contributed by atoms with Gasteiger partial charge >= 0.3 is 12.0 Å². The molecule has 7 nitrogen and oxygen atoms in total. The molecule has 1 aliphatic rings. The van der Waals surface area contributed by atoms with E-state index in [1.165, 1.54) is 0 Å². The number of hydrogen-bond donors (Lipinski definition) is 2. The number of nitrogens with zero attached hydrogens (tertiary/aromatic N) is 2. The van der Waals surface area contributed by atoms with E-state index in [4.69, 9.17) is 4.74 Å². The predicted octanol–water partition coefficient (Wildman–Crippen LogP) is 3.05. The first-order valence-electron chi connectivity index (χ1n) is 9.15. The Kier molecular flexibility index (Phi) is 6.25. The molecule has 1 fully saturated rings. The van der Waals surface area contributed by atoms with Crippen molar-refractivity contribution in [3.8, 4) is 0 Å². The molecule has 0 saturated carbocycles. The molecule has 2 amide bonds. The minimum atomic E-state index is -0.367. The van der Waals surface area contributed by atoms with Crippen molar-refractivity contribution in [3.05, 3.63) is 54.4 Å². The van der Waals surface area contributed by atoms with Gasteiger partial charge in [-0.15, -0.1) is 0 Å². The molecule has 0 unspecified atom stereocenters. The van der Waals surface area contributed by atoms with E-state index in [1.54, 1.807) is 37.4 Å². The van der Waals surface area contributed by atoms with Gasteiger partial charge in [0.05, 0.1) is 24.1 Å². The number of urea groups is 1. The average molecular weight is 368 g/mol. The van der Waals surface area contributed by atoms with Gasteiger partial charge < -0.3 is 20.3 Å². The van der Waals surface area contributed by atoms with Crippen LogP contribution in [0.15, 0.2) is 48.8 Å². The third-order valence-corrected chi connectivity index (χ3v) is 4.50. The SMILES string of the molecule is CCOC(=O)c1ccc(NC(=O)NC2CCN(c3cccnc3)CC2)cc1. The number of rotatable bonds is 5. The van der Waals surface area contributed by atoms with Gasteiger partial charge in [-0.1, -0.05) is 0 Å². The van der Waals surface area contributed by atoms with E-state index in [2.05, 4.69) is 20.5 Å². The summed E-state index contributed by atoms with van der Waals surface area (Å²) in [6.07, 6.45) is 5.38. The quantitative estimate of drug-likeness (QED) is 0.793. The number of aromatic nitrogens is 1. The number of nitrogens with one attached hydrogen (secondary N) is 2. The lowest BCUT2D eigenvalue weighted by Crippen LogP contribution is -2.46. The van der Waals surface area contributed by atoms with Crippen molar-refractivity contribution in [3.63, 3.8) is 0 Å². The largest absolute Gasteiger partial charge is 0.462 e. The Morgan fingerprint density at radius 3 is 2.56 bits per heavy atom. The number of pyridine rings is 1. The standard InChI is InChI=1S/C20H24N4O3/c1-2-27-19(25)15-5-7-16(8-6-15)22-20(26)23-17-9-12-24(13-10-17)18-4-3-11-21-14-18/h3-8,11,14,17H,2,9-10,12-13H2,1H3,(H2,22,23,26). The molecule has 1 aromatic carbocycles. The second-order valence-corrected chi connectivity index (χ2v) is 6.37. The van der Waals surface area contributed by atoms with Crippen molar-refractivity contribution in [2.24, 2.45) is 0 Å². The number of hydrogen-bond acceptors (Lipinski definition) is 5. The summed E-state index contributed by atoms with van der Waals surface area (Å²) in [5, 5.41) is 5.82. The average Bonchev–Trinajstić information content (AvgIpc) is 2.70. The molecule has 0 radical (unpaired) electrons. The van der Waals surface area contributed by atoms with Gasteiger partial charge in [0.1, 0.15) is 0 Å². The smallest absolute Gasteiger partial charge is 0.338 e. The number of amides is 2. The normalized spacial score (nSPS) is 14.5. The van der Waals surface area contributed by atoms with E-state index in [1.807, 2.05) is 18.3 Å². The molecule has 0 atom stereocenters. The van der Waals surface area contributed by atoms with E-state index >= 15 is 0 Å². The Morgan fingerprint density at radius 2 is 1.93 bits per heavy atom. The topological polar surface area (TPSA) is 83.6 Å². The van der Waals surface area contributed by atoms with Crippen molar-refractivity contribution < 1.29 is 14.3 Å². The van der Waals surface area contributed by atoms with E-state index in [0.29, 0.717) is 17.9 Å². The number of anilines is 2. The van der Waals surface area contributed by atoms with Gasteiger partial charge in [-0.3, -0.25) is 4.98 Å². The van der Waals surface area contributed by atoms with Gasteiger partial charge in [-0.2, -0.15) is 0 Å². The summed E-state index contributed by atoms with van der Waals surface area (Å²) in [6.45, 7) is 3.86. The first-order chi connectivity index (χ1) is 13.2. The van der Waals surface area contributed by atoms with E-state index in [0.717, 1.165) is 31.6 Å². The van der Waals surface area contributed by atoms with Crippen LogP contribution < -0.4 is 15.5 Å². The van der Waals surface area contributed by atoms with Crippen LogP contribution in [0, 0.1) is 0 Å². The molecule has 1 aromatic heterocycles. The predicted molar refractivity (Wildman–Crippen MR) is 104 cm³/mol. The zero-order valence-electron chi connectivity index (χ0n) is 15.4. The molecule has 2 aromatic rings. The fraction of sp³-hybridized carbons (Fsp3) is 0.350. The molecule has 2 heterocycles. The summed E-state index contributed by atoms with van der Waals surface area (Å²) in [5.41, 5.74) is 2.21. The molecule has 27 heavy (non-hydrogen) atoms. The van der Waals surface area contributed by atoms with Crippen LogP contribution in [0.1, 0.15) is 30.1 Å². The summed E-state index contributed by atoms with van der Waals surface area (Å²) in [7, 11) is 0. The fourth-order valence-electron chi connectivity index (χ4n) is 3.08. The second-order valence-electron chi connectivity index (χ2n) is 6.37. The number of benzene rings is 1. The number of piperidine rings is 1. The first kappa shape index (κ1) is 18.7. The lowest BCUT2D eigenvalue weighted by atomic mass is 10.0. The zero-order valence-corrected chi connectivity index (χ0v) is 15.4. The number of carbonyl (C=O) groups is 2. The van der Waals surface area contributed by atoms with Crippen LogP contribution >= 0.6 is 0 Å². The second kappa shape index (κ2) is 9.02. The summed E-state index contributed by atoms with van der Waals surface area (Å²) < 4.78 is 4.94. The van der Waals surface area contributed by atoms with Crippen LogP contribution in [0.5, 0.6) is 0 Å². The highest BCUT2D eigenvalue weighted by Gasteiger charge is 2.21. The van der Waals surface area contributed by atoms with Crippen molar-refractivity contribution in [2.45, 2.75) is 25.8 Å². The lowest BCUT2D eigenvalue weighted by Gasteiger charge is -2.33. The van der Waals surface area contributed by atoms with Crippen LogP contribution in [-0.4, -0.2) is 42.7 Å². The van der Waals surface area contributed by atoms with E-state index < -0.39 is 0 Å². The summed E-state index contributed by atoms with van der Waals surface area (Å²) >= 11 is 0. The van der Waals surface area contributed by atoms with Crippen molar-refractivity contribution >= 4 is 23.4 Å². The molecule has 0 spiro atoms. The lowest BCUT2D eigenvalue weighted by molar-refractivity contribution is 0.0526. The molecule has 1 aliphatic heterocycles. The highest BCUT2D eigenvalue weighted by Crippen LogP contribution is 2.19. The van der Waals surface area contributed by atoms with Crippen molar-refractivity contribution in [1.29, 1.82) is 0 Å². The Balaban J connectivity index is 1.45. The maximum absolute atomic E-state index is 12.2. The number of esters is 1. The molecular weight excluding hydrogens is 344 g/mol. The molecule has 3 rings (SSSR count). The molecule has 0 aliphatic carbocycles. The van der Waals surface area contributed by atoms with E-state index in [9.17, 15) is 9.59 Å². The van der Waals surface area contributed by atoms with Crippen molar-refractivity contribution in [2.75, 3.05) is 29.9 Å². The maximum atomic E-state index is 12.2. The van der Waals surface area contributed by atoms with Crippen LogP contribution in [0.2, 0.25) is 0 Å². The van der Waals surface area contributed by atoms with Crippen molar-refractivity contribution in [1.82, 2.24) is 10.3 Å². The maximum Gasteiger partial charge on any atom is 0.338 e. The van der Waals surface area contributed by atoms with Crippen LogP contribution in [0.3, 0.4) is 0 Å². The Morgan fingerprint density at radius 1 is 1.19 bits per heavy atom. The molecule has 7 heteroatoms. The highest BCUT2D eigenvalue weighted by atomic mass is 16.5. The Bertz CT molecular complexity index is 757. The fourth-order valence-corrected chi connectivity index (χ4v) is 3.08. The van der Waals surface area contributed by atoms with Gasteiger partial charge in [0.25, 0.3) is 0 Å². The molecular formula is C20H24N4O3. The number of carbonyl (C=O) groups excluding carboxylic acids is 2. The zero-order chi connectivity index (χ0) is 19.1. The minimum Gasteiger partial charge on any atom is -0.462 e. The molecule has 0 bridgehead atoms. The van der Waals surface area contributed by atoms with Gasteiger partial charge in [0, 0.05) is 31.0 Å². The summed E-state index contributed by atoms with van der Waals surface area (Å²) in [6, 6.07) is 10.5. The molecule has 1 saturated heterocycles. The molecule has 142 valence electrons. The summed E-state index contributed by atoms with van der Waals surface area (Å²) in [4.78, 5) is 30.3. The minimum absolute atomic E-state index is 0.136. The monoisotopic (exact) mass is 368 g/mol. The first-order valence-corrected chi connectivity index (χ1v) is 9.15. The Labute approximate surface area is 158 Å². The third kappa shape index (κ3) is 5.20. The summed E-state index contributed by atoms with van der Waals surface area (Å²) in [5.74, 6) is -0.367. The number of ether oxygens (including phenoxy) is 1. The van der Waals surface area contributed by atoms with Gasteiger partial charge in [0.2, 0.25) is 0 Å². The van der Waals surface area contributed by atoms with E-state index in [-0.39, 0.29) is 18.0 Å². The van der Waals surface area contributed by atoms with Crippen LogP contribution in [0.4, 0.5) is 16.2 Å². The third-order valence-electron chi connectivity index (χ3n) is 4.50. The van der Waals surface area contributed by atoms with Gasteiger partial charge in [-0.25, -0.2) is 9.59 Å². The van der Waals surface area contributed by atoms with Gasteiger partial charge in [-0.05, 0) is 56.2 Å².